The van der Waals surface area contributed by atoms with Crippen molar-refractivity contribution in [3.05, 3.63) is 81.7 Å². The van der Waals surface area contributed by atoms with E-state index in [2.05, 4.69) is 10.4 Å². The van der Waals surface area contributed by atoms with Crippen molar-refractivity contribution in [2.45, 2.75) is 6.92 Å². The molecule has 1 aliphatic rings. The molecule has 1 fully saturated rings. The fourth-order valence-corrected chi connectivity index (χ4v) is 4.31. The number of rotatable bonds is 5. The van der Waals surface area contributed by atoms with Crippen LogP contribution in [0, 0.1) is 17.0 Å². The van der Waals surface area contributed by atoms with E-state index in [4.69, 9.17) is 0 Å². The van der Waals surface area contributed by atoms with Gasteiger partial charge in [-0.2, -0.15) is 16.9 Å². The normalized spacial score (nSPS) is 13.6. The van der Waals surface area contributed by atoms with E-state index >= 15 is 0 Å². The highest BCUT2D eigenvalue weighted by Gasteiger charge is 2.19. The van der Waals surface area contributed by atoms with E-state index in [9.17, 15) is 19.7 Å². The molecule has 1 N–H and O–H groups in total. The fourth-order valence-electron chi connectivity index (χ4n) is 3.41. The third-order valence-electron chi connectivity index (χ3n) is 5.15. The predicted octanol–water partition coefficient (Wildman–Crippen LogP) is 3.53. The number of nitro benzene ring substituents is 1. The molecule has 9 nitrogen and oxygen atoms in total. The largest absolute Gasteiger partial charge is 0.337 e. The van der Waals surface area contributed by atoms with Crippen LogP contribution in [-0.2, 0) is 0 Å². The Labute approximate surface area is 188 Å². The molecule has 1 saturated heterocycles. The van der Waals surface area contributed by atoms with Gasteiger partial charge < -0.3 is 10.2 Å². The van der Waals surface area contributed by atoms with Crippen LogP contribution in [0.15, 0.2) is 54.7 Å². The van der Waals surface area contributed by atoms with Crippen LogP contribution in [0.1, 0.15) is 26.4 Å². The summed E-state index contributed by atoms with van der Waals surface area (Å²) in [5, 5.41) is 18.0. The van der Waals surface area contributed by atoms with Gasteiger partial charge in [-0.25, -0.2) is 4.68 Å². The Morgan fingerprint density at radius 2 is 1.91 bits per heavy atom. The van der Waals surface area contributed by atoms with Crippen molar-refractivity contribution in [3.63, 3.8) is 0 Å². The van der Waals surface area contributed by atoms with Crippen LogP contribution in [0.3, 0.4) is 0 Å². The molecule has 0 aliphatic carbocycles. The third kappa shape index (κ3) is 4.65. The number of thioether (sulfide) groups is 1. The van der Waals surface area contributed by atoms with E-state index in [0.717, 1.165) is 30.2 Å². The second kappa shape index (κ2) is 9.23. The van der Waals surface area contributed by atoms with Crippen molar-refractivity contribution in [1.82, 2.24) is 14.7 Å². The smallest absolute Gasteiger partial charge is 0.276 e. The number of non-ortho nitro benzene ring substituents is 1. The SMILES string of the molecule is Cc1cc(C(=O)N2CCSCC2)ccc1NC(=O)c1ccn(-c2cccc([N+](=O)[O-])c2)n1. The van der Waals surface area contributed by atoms with E-state index in [0.29, 0.717) is 16.9 Å². The van der Waals surface area contributed by atoms with Gasteiger partial charge in [-0.15, -0.1) is 0 Å². The van der Waals surface area contributed by atoms with E-state index in [1.807, 2.05) is 23.6 Å². The average molecular weight is 452 g/mol. The molecule has 1 aliphatic heterocycles. The molecule has 0 atom stereocenters. The fraction of sp³-hybridized carbons (Fsp3) is 0.227. The highest BCUT2D eigenvalue weighted by Crippen LogP contribution is 2.21. The van der Waals surface area contributed by atoms with E-state index in [1.165, 1.54) is 22.9 Å². The second-order valence-electron chi connectivity index (χ2n) is 7.31. The summed E-state index contributed by atoms with van der Waals surface area (Å²) < 4.78 is 1.41. The van der Waals surface area contributed by atoms with Gasteiger partial charge in [0.25, 0.3) is 17.5 Å². The lowest BCUT2D eigenvalue weighted by Crippen LogP contribution is -2.37. The molecule has 0 spiro atoms. The molecular weight excluding hydrogens is 430 g/mol. The van der Waals surface area contributed by atoms with Crippen molar-refractivity contribution in [3.8, 4) is 5.69 Å². The maximum absolute atomic E-state index is 12.7. The monoisotopic (exact) mass is 451 g/mol. The minimum Gasteiger partial charge on any atom is -0.337 e. The number of anilines is 1. The number of carbonyl (C=O) groups excluding carboxylic acids is 2. The van der Waals surface area contributed by atoms with Gasteiger partial charge in [0.15, 0.2) is 5.69 Å². The molecule has 2 aromatic carbocycles. The van der Waals surface area contributed by atoms with Crippen molar-refractivity contribution < 1.29 is 14.5 Å². The van der Waals surface area contributed by atoms with Crippen molar-refractivity contribution >= 4 is 35.0 Å². The number of carbonyl (C=O) groups is 2. The van der Waals surface area contributed by atoms with Gasteiger partial charge in [0.05, 0.1) is 10.6 Å². The van der Waals surface area contributed by atoms with Crippen molar-refractivity contribution in [2.24, 2.45) is 0 Å². The molecule has 2 amide bonds. The van der Waals surface area contributed by atoms with Gasteiger partial charge >= 0.3 is 0 Å². The maximum atomic E-state index is 12.7. The Morgan fingerprint density at radius 1 is 1.12 bits per heavy atom. The average Bonchev–Trinajstić information content (AvgIpc) is 3.31. The lowest BCUT2D eigenvalue weighted by Gasteiger charge is -2.26. The van der Waals surface area contributed by atoms with Crippen molar-refractivity contribution in [2.75, 3.05) is 29.9 Å². The Balaban J connectivity index is 1.47. The summed E-state index contributed by atoms with van der Waals surface area (Å²) in [5.41, 5.74) is 2.55. The number of aryl methyl sites for hydroxylation is 1. The highest BCUT2D eigenvalue weighted by molar-refractivity contribution is 7.99. The molecule has 1 aromatic heterocycles. The summed E-state index contributed by atoms with van der Waals surface area (Å²) in [6.45, 7) is 3.32. The topological polar surface area (TPSA) is 110 Å². The van der Waals surface area contributed by atoms with Gasteiger partial charge in [-0.1, -0.05) is 6.07 Å². The summed E-state index contributed by atoms with van der Waals surface area (Å²) >= 11 is 1.84. The molecule has 164 valence electrons. The van der Waals surface area contributed by atoms with Crippen LogP contribution in [0.2, 0.25) is 0 Å². The summed E-state index contributed by atoms with van der Waals surface area (Å²) in [4.78, 5) is 37.7. The maximum Gasteiger partial charge on any atom is 0.276 e. The van der Waals surface area contributed by atoms with Crippen LogP contribution in [-0.4, -0.2) is 56.0 Å². The van der Waals surface area contributed by atoms with Crippen LogP contribution >= 0.6 is 11.8 Å². The van der Waals surface area contributed by atoms with Crippen LogP contribution in [0.4, 0.5) is 11.4 Å². The van der Waals surface area contributed by atoms with Crippen LogP contribution in [0.25, 0.3) is 5.69 Å². The molecule has 0 radical (unpaired) electrons. The Morgan fingerprint density at radius 3 is 2.62 bits per heavy atom. The number of nitrogens with zero attached hydrogens (tertiary/aromatic N) is 4. The summed E-state index contributed by atoms with van der Waals surface area (Å²) in [7, 11) is 0. The zero-order valence-corrected chi connectivity index (χ0v) is 18.2. The third-order valence-corrected chi connectivity index (χ3v) is 6.09. The molecule has 0 unspecified atom stereocenters. The first-order chi connectivity index (χ1) is 15.4. The van der Waals surface area contributed by atoms with Gasteiger partial charge in [0.2, 0.25) is 0 Å². The summed E-state index contributed by atoms with van der Waals surface area (Å²) in [5.74, 6) is 1.48. The summed E-state index contributed by atoms with van der Waals surface area (Å²) in [6, 6.07) is 12.8. The minimum atomic E-state index is -0.484. The number of nitrogens with one attached hydrogen (secondary N) is 1. The number of benzene rings is 2. The standard InChI is InChI=1S/C22H21N5O4S/c1-15-13-16(22(29)25-9-11-32-12-10-25)5-6-19(15)23-21(28)20-7-8-26(24-20)17-3-2-4-18(14-17)27(30)31/h2-8,13-14H,9-12H2,1H3,(H,23,28). The Hall–Kier alpha value is -3.66. The molecule has 10 heteroatoms. The molecule has 0 bridgehead atoms. The molecule has 3 aromatic rings. The van der Waals surface area contributed by atoms with Gasteiger partial charge in [0.1, 0.15) is 0 Å². The second-order valence-corrected chi connectivity index (χ2v) is 8.54. The molecule has 0 saturated carbocycles. The van der Waals surface area contributed by atoms with E-state index in [1.54, 1.807) is 36.5 Å². The predicted molar refractivity (Wildman–Crippen MR) is 123 cm³/mol. The van der Waals surface area contributed by atoms with Gasteiger partial charge in [-0.3, -0.25) is 19.7 Å². The van der Waals surface area contributed by atoms with Gasteiger partial charge in [0, 0.05) is 54.2 Å². The van der Waals surface area contributed by atoms with Crippen molar-refractivity contribution in [1.29, 1.82) is 0 Å². The summed E-state index contributed by atoms with van der Waals surface area (Å²) in [6.07, 6.45) is 1.57. The number of aromatic nitrogens is 2. The first-order valence-corrected chi connectivity index (χ1v) is 11.2. The quantitative estimate of drug-likeness (QED) is 0.469. The number of amides is 2. The van der Waals surface area contributed by atoms with Crippen LogP contribution in [0.5, 0.6) is 0 Å². The number of hydrogen-bond acceptors (Lipinski definition) is 6. The zero-order valence-electron chi connectivity index (χ0n) is 17.4. The molecule has 32 heavy (non-hydrogen) atoms. The zero-order chi connectivity index (χ0) is 22.7. The molecule has 4 rings (SSSR count). The minimum absolute atomic E-state index is 0.00183. The Kier molecular flexibility index (Phi) is 6.22. The highest BCUT2D eigenvalue weighted by atomic mass is 32.2. The number of hydrogen-bond donors (Lipinski definition) is 1. The van der Waals surface area contributed by atoms with E-state index in [-0.39, 0.29) is 17.3 Å². The first-order valence-electron chi connectivity index (χ1n) is 10.0. The lowest BCUT2D eigenvalue weighted by atomic mass is 10.1. The van der Waals surface area contributed by atoms with Crippen LogP contribution < -0.4 is 5.32 Å². The number of nitro groups is 1. The lowest BCUT2D eigenvalue weighted by molar-refractivity contribution is -0.384. The Bertz CT molecular complexity index is 1190. The van der Waals surface area contributed by atoms with Gasteiger partial charge in [-0.05, 0) is 42.8 Å². The first kappa shape index (κ1) is 21.6. The molecule has 2 heterocycles. The van der Waals surface area contributed by atoms with E-state index < -0.39 is 10.8 Å². The molecular formula is C22H21N5O4S.